The normalized spacial score (nSPS) is 15.7. The summed E-state index contributed by atoms with van der Waals surface area (Å²) >= 11 is 0. The van der Waals surface area contributed by atoms with Gasteiger partial charge in [-0.3, -0.25) is 14.3 Å². The fraction of sp³-hybridized carbons (Fsp3) is 0.476. The summed E-state index contributed by atoms with van der Waals surface area (Å²) in [5.74, 6) is -0.427. The van der Waals surface area contributed by atoms with Gasteiger partial charge in [0.2, 0.25) is 5.91 Å². The molecule has 1 aromatic carbocycles. The molecule has 1 amide bonds. The summed E-state index contributed by atoms with van der Waals surface area (Å²) in [6.07, 6.45) is 4.17. The average molecular weight is 371 g/mol. The predicted octanol–water partition coefficient (Wildman–Crippen LogP) is 3.47. The number of carbonyl (C=O) groups excluding carboxylic acids is 2. The van der Waals surface area contributed by atoms with Gasteiger partial charge in [-0.05, 0) is 51.3 Å². The number of nitrogens with one attached hydrogen (secondary N) is 1. The van der Waals surface area contributed by atoms with E-state index in [4.69, 9.17) is 0 Å². The monoisotopic (exact) mass is 371 g/mol. The predicted molar refractivity (Wildman–Crippen MR) is 101 cm³/mol. The van der Waals surface area contributed by atoms with Gasteiger partial charge in [0.05, 0.1) is 11.3 Å². The van der Waals surface area contributed by atoms with Crippen molar-refractivity contribution in [2.45, 2.75) is 58.4 Å². The Hall–Kier alpha value is -2.50. The number of ketones is 1. The average Bonchev–Trinajstić information content (AvgIpc) is 3.19. The minimum absolute atomic E-state index is 0.0436. The number of halogens is 1. The van der Waals surface area contributed by atoms with Crippen LogP contribution in [0.3, 0.4) is 0 Å². The number of hydrogen-bond acceptors (Lipinski definition) is 3. The number of Topliss-reactive ketones (excluding diaryl/α,β-unsaturated/α-hetero) is 1. The van der Waals surface area contributed by atoms with Crippen LogP contribution in [-0.4, -0.2) is 28.0 Å². The number of hydrogen-bond donors (Lipinski definition) is 1. The van der Waals surface area contributed by atoms with Crippen LogP contribution in [0.15, 0.2) is 24.3 Å². The van der Waals surface area contributed by atoms with E-state index in [9.17, 15) is 14.0 Å². The highest BCUT2D eigenvalue weighted by atomic mass is 19.1. The molecule has 1 fully saturated rings. The summed E-state index contributed by atoms with van der Waals surface area (Å²) in [5.41, 5.74) is 2.88. The topological polar surface area (TPSA) is 64.0 Å². The van der Waals surface area contributed by atoms with E-state index in [0.717, 1.165) is 31.2 Å². The fourth-order valence-electron chi connectivity index (χ4n) is 4.24. The molecule has 144 valence electrons. The first kappa shape index (κ1) is 19.3. The van der Waals surface area contributed by atoms with Crippen molar-refractivity contribution >= 4 is 11.7 Å². The standard InChI is InChI=1S/C21H26FN3O2/c1-14-20(16(3)26)15(2)25(24-14)12-19(27)23-13-21(10-4-5-11-21)17-6-8-18(22)9-7-17/h6-9H,4-5,10-13H2,1-3H3,(H,23,27). The van der Waals surface area contributed by atoms with Crippen LogP contribution in [0.2, 0.25) is 0 Å². The molecule has 5 nitrogen and oxygen atoms in total. The van der Waals surface area contributed by atoms with E-state index in [1.54, 1.807) is 18.5 Å². The highest BCUT2D eigenvalue weighted by Gasteiger charge is 2.36. The summed E-state index contributed by atoms with van der Waals surface area (Å²) in [5, 5.41) is 7.36. The van der Waals surface area contributed by atoms with E-state index >= 15 is 0 Å². The number of benzene rings is 1. The summed E-state index contributed by atoms with van der Waals surface area (Å²) < 4.78 is 14.9. The highest BCUT2D eigenvalue weighted by molar-refractivity contribution is 5.96. The first-order valence-corrected chi connectivity index (χ1v) is 9.40. The zero-order valence-corrected chi connectivity index (χ0v) is 16.1. The van der Waals surface area contributed by atoms with E-state index < -0.39 is 0 Å². The molecule has 2 aromatic rings. The van der Waals surface area contributed by atoms with Crippen molar-refractivity contribution in [1.29, 1.82) is 0 Å². The Kier molecular flexibility index (Phi) is 5.44. The largest absolute Gasteiger partial charge is 0.354 e. The van der Waals surface area contributed by atoms with Gasteiger partial charge in [-0.1, -0.05) is 25.0 Å². The molecular weight excluding hydrogens is 345 g/mol. The number of carbonyl (C=O) groups is 2. The maximum absolute atomic E-state index is 13.3. The molecule has 1 heterocycles. The van der Waals surface area contributed by atoms with Crippen molar-refractivity contribution < 1.29 is 14.0 Å². The molecule has 1 saturated carbocycles. The van der Waals surface area contributed by atoms with E-state index in [2.05, 4.69) is 10.4 Å². The third-order valence-corrected chi connectivity index (χ3v) is 5.67. The SMILES string of the molecule is CC(=O)c1c(C)nn(CC(=O)NCC2(c3ccc(F)cc3)CCCC2)c1C. The van der Waals surface area contributed by atoms with Crippen LogP contribution < -0.4 is 5.32 Å². The van der Waals surface area contributed by atoms with E-state index in [-0.39, 0.29) is 29.5 Å². The molecule has 3 rings (SSSR count). The Morgan fingerprint density at radius 3 is 2.37 bits per heavy atom. The Morgan fingerprint density at radius 2 is 1.81 bits per heavy atom. The smallest absolute Gasteiger partial charge is 0.241 e. The van der Waals surface area contributed by atoms with Crippen molar-refractivity contribution in [2.24, 2.45) is 0 Å². The van der Waals surface area contributed by atoms with Crippen LogP contribution in [0.4, 0.5) is 4.39 Å². The van der Waals surface area contributed by atoms with Crippen molar-refractivity contribution in [3.8, 4) is 0 Å². The second kappa shape index (κ2) is 7.62. The lowest BCUT2D eigenvalue weighted by atomic mass is 9.79. The van der Waals surface area contributed by atoms with Crippen molar-refractivity contribution in [3.05, 3.63) is 52.6 Å². The first-order chi connectivity index (χ1) is 12.8. The zero-order valence-electron chi connectivity index (χ0n) is 16.1. The molecule has 27 heavy (non-hydrogen) atoms. The third kappa shape index (κ3) is 3.94. The second-order valence-electron chi connectivity index (χ2n) is 7.53. The van der Waals surface area contributed by atoms with E-state index in [1.165, 1.54) is 19.1 Å². The molecular formula is C21H26FN3O2. The Morgan fingerprint density at radius 1 is 1.19 bits per heavy atom. The minimum Gasteiger partial charge on any atom is -0.354 e. The van der Waals surface area contributed by atoms with Crippen LogP contribution in [-0.2, 0) is 16.8 Å². The lowest BCUT2D eigenvalue weighted by molar-refractivity contribution is -0.122. The molecule has 6 heteroatoms. The lowest BCUT2D eigenvalue weighted by Crippen LogP contribution is -2.40. The van der Waals surface area contributed by atoms with Gasteiger partial charge < -0.3 is 5.32 Å². The molecule has 0 saturated heterocycles. The Balaban J connectivity index is 1.70. The molecule has 0 radical (unpaired) electrons. The number of nitrogens with zero attached hydrogens (tertiary/aromatic N) is 2. The van der Waals surface area contributed by atoms with Gasteiger partial charge in [0, 0.05) is 17.7 Å². The molecule has 0 bridgehead atoms. The third-order valence-electron chi connectivity index (χ3n) is 5.67. The molecule has 0 aliphatic heterocycles. The van der Waals surface area contributed by atoms with Crippen LogP contribution in [0.25, 0.3) is 0 Å². The minimum atomic E-state index is -0.248. The number of aryl methyl sites for hydroxylation is 1. The molecule has 0 spiro atoms. The maximum atomic E-state index is 13.3. The van der Waals surface area contributed by atoms with Crippen molar-refractivity contribution in [2.75, 3.05) is 6.54 Å². The van der Waals surface area contributed by atoms with Crippen molar-refractivity contribution in [1.82, 2.24) is 15.1 Å². The summed E-state index contributed by atoms with van der Waals surface area (Å²) in [4.78, 5) is 24.3. The molecule has 0 unspecified atom stereocenters. The lowest BCUT2D eigenvalue weighted by Gasteiger charge is -2.30. The Labute approximate surface area is 159 Å². The molecule has 0 atom stereocenters. The van der Waals surface area contributed by atoms with Gasteiger partial charge in [-0.2, -0.15) is 5.10 Å². The van der Waals surface area contributed by atoms with E-state index in [0.29, 0.717) is 23.5 Å². The summed E-state index contributed by atoms with van der Waals surface area (Å²) in [7, 11) is 0. The maximum Gasteiger partial charge on any atom is 0.241 e. The number of aromatic nitrogens is 2. The van der Waals surface area contributed by atoms with E-state index in [1.807, 2.05) is 12.1 Å². The highest BCUT2D eigenvalue weighted by Crippen LogP contribution is 2.40. The van der Waals surface area contributed by atoms with Gasteiger partial charge >= 0.3 is 0 Å². The van der Waals surface area contributed by atoms with Crippen LogP contribution in [0.5, 0.6) is 0 Å². The van der Waals surface area contributed by atoms with Gasteiger partial charge in [0.1, 0.15) is 12.4 Å². The molecule has 1 aromatic heterocycles. The molecule has 1 aliphatic carbocycles. The van der Waals surface area contributed by atoms with Crippen LogP contribution in [0.1, 0.15) is 59.9 Å². The van der Waals surface area contributed by atoms with Gasteiger partial charge in [0.25, 0.3) is 0 Å². The van der Waals surface area contributed by atoms with Gasteiger partial charge in [0.15, 0.2) is 5.78 Å². The van der Waals surface area contributed by atoms with Gasteiger partial charge in [-0.25, -0.2) is 4.39 Å². The Bertz CT molecular complexity index is 849. The number of rotatable bonds is 6. The number of amides is 1. The summed E-state index contributed by atoms with van der Waals surface area (Å²) in [6, 6.07) is 6.62. The molecule has 1 aliphatic rings. The van der Waals surface area contributed by atoms with Crippen LogP contribution in [0, 0.1) is 19.7 Å². The fourth-order valence-corrected chi connectivity index (χ4v) is 4.24. The van der Waals surface area contributed by atoms with Crippen LogP contribution >= 0.6 is 0 Å². The summed E-state index contributed by atoms with van der Waals surface area (Å²) in [6.45, 7) is 5.70. The quantitative estimate of drug-likeness (QED) is 0.791. The zero-order chi connectivity index (χ0) is 19.6. The van der Waals surface area contributed by atoms with Crippen molar-refractivity contribution in [3.63, 3.8) is 0 Å². The van der Waals surface area contributed by atoms with Gasteiger partial charge in [-0.15, -0.1) is 0 Å². The first-order valence-electron chi connectivity index (χ1n) is 9.40. The second-order valence-corrected chi connectivity index (χ2v) is 7.53. The molecule has 1 N–H and O–H groups in total.